The summed E-state index contributed by atoms with van der Waals surface area (Å²) < 4.78 is 11.8. The number of ether oxygens (including phenoxy) is 2. The summed E-state index contributed by atoms with van der Waals surface area (Å²) in [6, 6.07) is 14.4. The summed E-state index contributed by atoms with van der Waals surface area (Å²) in [4.78, 5) is 23.5. The van der Waals surface area contributed by atoms with E-state index < -0.39 is 10.6 Å². The van der Waals surface area contributed by atoms with Crippen molar-refractivity contribution < 1.29 is 14.4 Å². The number of hydrogen-bond acceptors (Lipinski definition) is 9. The third-order valence-electron chi connectivity index (χ3n) is 3.77. The van der Waals surface area contributed by atoms with Crippen LogP contribution in [0.2, 0.25) is 0 Å². The number of hydrogen-bond donors (Lipinski definition) is 1. The van der Waals surface area contributed by atoms with E-state index in [1.807, 2.05) is 24.3 Å². The van der Waals surface area contributed by atoms with Gasteiger partial charge >= 0.3 is 11.6 Å². The largest absolute Gasteiger partial charge is 0.493 e. The first-order valence-corrected chi connectivity index (χ1v) is 8.90. The van der Waals surface area contributed by atoms with Crippen LogP contribution in [0.1, 0.15) is 0 Å². The van der Waals surface area contributed by atoms with Crippen LogP contribution < -0.4 is 14.8 Å². The quantitative estimate of drug-likeness (QED) is 0.374. The second kappa shape index (κ2) is 7.45. The number of aromatic nitrogens is 3. The Morgan fingerprint density at radius 1 is 1.07 bits per heavy atom. The van der Waals surface area contributed by atoms with E-state index in [4.69, 9.17) is 9.47 Å². The molecule has 0 spiro atoms. The van der Waals surface area contributed by atoms with Crippen LogP contribution in [-0.2, 0) is 0 Å². The molecule has 0 aliphatic carbocycles. The van der Waals surface area contributed by atoms with Crippen LogP contribution >= 0.6 is 11.3 Å². The molecule has 0 saturated heterocycles. The van der Waals surface area contributed by atoms with Crippen molar-refractivity contribution >= 4 is 38.2 Å². The maximum Gasteiger partial charge on any atom is 0.373 e. The molecular weight excluding hydrogens is 382 g/mol. The van der Waals surface area contributed by atoms with E-state index in [9.17, 15) is 10.1 Å². The highest BCUT2D eigenvalue weighted by Gasteiger charge is 2.26. The van der Waals surface area contributed by atoms with Gasteiger partial charge in [-0.05, 0) is 24.3 Å². The van der Waals surface area contributed by atoms with E-state index in [2.05, 4.69) is 20.3 Å². The first-order valence-electron chi connectivity index (χ1n) is 8.08. The molecule has 28 heavy (non-hydrogen) atoms. The van der Waals surface area contributed by atoms with Crippen molar-refractivity contribution in [3.8, 4) is 17.4 Å². The fourth-order valence-electron chi connectivity index (χ4n) is 2.53. The molecule has 1 N–H and O–H groups in total. The molecule has 0 fully saturated rings. The fraction of sp³-hybridized carbons (Fsp3) is 0.0556. The summed E-state index contributed by atoms with van der Waals surface area (Å²) in [5, 5.41) is 15.1. The van der Waals surface area contributed by atoms with E-state index >= 15 is 0 Å². The van der Waals surface area contributed by atoms with Gasteiger partial charge in [-0.1, -0.05) is 35.6 Å². The minimum absolute atomic E-state index is 0.0102. The van der Waals surface area contributed by atoms with Gasteiger partial charge in [0.25, 0.3) is 0 Å². The van der Waals surface area contributed by atoms with Crippen molar-refractivity contribution in [1.29, 1.82) is 0 Å². The van der Waals surface area contributed by atoms with Gasteiger partial charge in [-0.2, -0.15) is 4.98 Å². The lowest BCUT2D eigenvalue weighted by Crippen LogP contribution is -2.03. The number of para-hydroxylation sites is 3. The molecule has 0 amide bonds. The van der Waals surface area contributed by atoms with Crippen molar-refractivity contribution in [3.05, 3.63) is 65.0 Å². The van der Waals surface area contributed by atoms with E-state index in [-0.39, 0.29) is 11.7 Å². The number of anilines is 2. The number of nitrogens with one attached hydrogen (secondary N) is 1. The van der Waals surface area contributed by atoms with Crippen molar-refractivity contribution in [3.63, 3.8) is 0 Å². The highest BCUT2D eigenvalue weighted by Crippen LogP contribution is 2.39. The number of fused-ring (bicyclic) bond motifs is 1. The Balaban J connectivity index is 1.72. The molecule has 0 unspecified atom stereocenters. The van der Waals surface area contributed by atoms with Crippen LogP contribution in [0, 0.1) is 10.1 Å². The molecule has 4 aromatic rings. The average molecular weight is 395 g/mol. The van der Waals surface area contributed by atoms with Crippen molar-refractivity contribution in [2.24, 2.45) is 0 Å². The van der Waals surface area contributed by atoms with Crippen molar-refractivity contribution in [2.75, 3.05) is 12.4 Å². The van der Waals surface area contributed by atoms with Crippen molar-refractivity contribution in [2.45, 2.75) is 0 Å². The predicted molar refractivity (Wildman–Crippen MR) is 105 cm³/mol. The molecule has 4 rings (SSSR count). The van der Waals surface area contributed by atoms with Gasteiger partial charge in [0.2, 0.25) is 5.82 Å². The molecule has 0 atom stereocenters. The molecule has 0 saturated carbocycles. The zero-order valence-corrected chi connectivity index (χ0v) is 15.3. The van der Waals surface area contributed by atoms with Gasteiger partial charge in [-0.15, -0.1) is 0 Å². The summed E-state index contributed by atoms with van der Waals surface area (Å²) in [6.45, 7) is 0. The van der Waals surface area contributed by atoms with Gasteiger partial charge < -0.3 is 14.8 Å². The lowest BCUT2D eigenvalue weighted by molar-refractivity contribution is -0.385. The van der Waals surface area contributed by atoms with Gasteiger partial charge in [-0.25, -0.2) is 9.97 Å². The smallest absolute Gasteiger partial charge is 0.373 e. The lowest BCUT2D eigenvalue weighted by atomic mass is 10.3. The number of benzene rings is 2. The van der Waals surface area contributed by atoms with Crippen LogP contribution in [0.4, 0.5) is 16.6 Å². The molecule has 9 nitrogen and oxygen atoms in total. The third-order valence-corrected chi connectivity index (χ3v) is 4.72. The summed E-state index contributed by atoms with van der Waals surface area (Å²) in [7, 11) is 1.48. The fourth-order valence-corrected chi connectivity index (χ4v) is 3.39. The predicted octanol–water partition coefficient (Wildman–Crippen LogP) is 4.54. The molecule has 0 radical (unpaired) electrons. The lowest BCUT2D eigenvalue weighted by Gasteiger charge is -2.10. The van der Waals surface area contributed by atoms with Gasteiger partial charge in [0.1, 0.15) is 6.33 Å². The molecule has 0 bridgehead atoms. The normalized spacial score (nSPS) is 10.6. The minimum Gasteiger partial charge on any atom is -0.493 e. The summed E-state index contributed by atoms with van der Waals surface area (Å²) in [5.41, 5.74) is 0.393. The maximum atomic E-state index is 11.7. The SMILES string of the molecule is COc1ccccc1Oc1ncnc(Nc2nc3ccccc3s2)c1[N+](=O)[O-]. The first-order chi connectivity index (χ1) is 13.7. The number of rotatable bonds is 6. The van der Waals surface area contributed by atoms with Gasteiger partial charge in [-0.3, -0.25) is 10.1 Å². The second-order valence-electron chi connectivity index (χ2n) is 5.50. The second-order valence-corrected chi connectivity index (χ2v) is 6.53. The van der Waals surface area contributed by atoms with Crippen LogP contribution in [0.15, 0.2) is 54.9 Å². The Hall–Kier alpha value is -3.79. The maximum absolute atomic E-state index is 11.7. The Morgan fingerprint density at radius 2 is 1.82 bits per heavy atom. The molecule has 140 valence electrons. The highest BCUT2D eigenvalue weighted by atomic mass is 32.1. The third kappa shape index (κ3) is 3.40. The van der Waals surface area contributed by atoms with E-state index in [0.29, 0.717) is 16.6 Å². The monoisotopic (exact) mass is 395 g/mol. The minimum atomic E-state index is -0.597. The summed E-state index contributed by atoms with van der Waals surface area (Å²) in [5.74, 6) is 0.519. The zero-order chi connectivity index (χ0) is 19.5. The van der Waals surface area contributed by atoms with Crippen LogP contribution in [0.3, 0.4) is 0 Å². The Bertz CT molecular complexity index is 1130. The van der Waals surface area contributed by atoms with Gasteiger partial charge in [0.05, 0.1) is 22.2 Å². The van der Waals surface area contributed by atoms with Crippen molar-refractivity contribution in [1.82, 2.24) is 15.0 Å². The molecule has 0 aliphatic rings. The summed E-state index contributed by atoms with van der Waals surface area (Å²) >= 11 is 1.36. The number of methoxy groups -OCH3 is 1. The standard InChI is InChI=1S/C18H13N5O4S/c1-26-12-7-3-4-8-13(12)27-17-15(23(24)25)16(19-10-20-17)22-18-21-11-6-2-5-9-14(11)28-18/h2-10H,1H3,(H,19,20,21,22). The summed E-state index contributed by atoms with van der Waals surface area (Å²) in [6.07, 6.45) is 1.19. The van der Waals surface area contributed by atoms with Crippen LogP contribution in [0.5, 0.6) is 17.4 Å². The molecule has 2 heterocycles. The zero-order valence-electron chi connectivity index (χ0n) is 14.5. The van der Waals surface area contributed by atoms with E-state index in [1.165, 1.54) is 24.8 Å². The number of nitrogens with zero attached hydrogens (tertiary/aromatic N) is 4. The number of nitro groups is 1. The van der Waals surface area contributed by atoms with E-state index in [0.717, 1.165) is 10.2 Å². The van der Waals surface area contributed by atoms with Crippen LogP contribution in [-0.4, -0.2) is 27.0 Å². The first kappa shape index (κ1) is 17.6. The van der Waals surface area contributed by atoms with Crippen LogP contribution in [0.25, 0.3) is 10.2 Å². The Kier molecular flexibility index (Phi) is 4.68. The highest BCUT2D eigenvalue weighted by molar-refractivity contribution is 7.22. The average Bonchev–Trinajstić information content (AvgIpc) is 3.10. The molecular formula is C18H13N5O4S. The molecule has 10 heteroatoms. The molecule has 0 aliphatic heterocycles. The molecule has 2 aromatic heterocycles. The number of thiazole rings is 1. The van der Waals surface area contributed by atoms with Gasteiger partial charge in [0.15, 0.2) is 16.6 Å². The topological polar surface area (TPSA) is 112 Å². The Labute approximate surface area is 162 Å². The van der Waals surface area contributed by atoms with E-state index in [1.54, 1.807) is 24.3 Å². The Morgan fingerprint density at radius 3 is 2.57 bits per heavy atom. The molecule has 2 aromatic carbocycles. The van der Waals surface area contributed by atoms with Gasteiger partial charge in [0, 0.05) is 0 Å².